The molecular formula is C22H34O4. The number of carboxylic acid groups (broad SMARTS) is 2. The molecule has 4 nitrogen and oxygen atoms in total. The maximum Gasteiger partial charge on any atom is 0.303 e. The van der Waals surface area contributed by atoms with Crippen LogP contribution in [0.5, 0.6) is 0 Å². The number of carbonyl (C=O) groups is 2. The number of carboxylic acids is 2. The Balaban J connectivity index is 1.54. The predicted molar refractivity (Wildman–Crippen MR) is 103 cm³/mol. The fourth-order valence-electron chi connectivity index (χ4n) is 4.40. The van der Waals surface area contributed by atoms with Crippen molar-refractivity contribution >= 4 is 11.9 Å². The molecule has 2 rings (SSSR count). The van der Waals surface area contributed by atoms with Gasteiger partial charge in [0.05, 0.1) is 0 Å². The molecule has 2 aliphatic rings. The standard InChI is InChI=1S/C22H34O4/c23-21(24)9-5-1-3-7-17-11-13-19(15-17)20-14-12-18(16-20)8-4-2-6-10-22(25)26/h11-14,17-20H,1-10,15-16H2,(H,23,24)(H,25,26). The van der Waals surface area contributed by atoms with Gasteiger partial charge >= 0.3 is 11.9 Å². The second-order valence-corrected chi connectivity index (χ2v) is 8.08. The van der Waals surface area contributed by atoms with Gasteiger partial charge in [0.25, 0.3) is 0 Å². The summed E-state index contributed by atoms with van der Waals surface area (Å²) in [7, 11) is 0. The molecule has 0 bridgehead atoms. The normalized spacial score (nSPS) is 27.2. The summed E-state index contributed by atoms with van der Waals surface area (Å²) in [6, 6.07) is 0. The molecule has 2 aliphatic carbocycles. The molecule has 26 heavy (non-hydrogen) atoms. The highest BCUT2D eigenvalue weighted by Gasteiger charge is 2.29. The van der Waals surface area contributed by atoms with E-state index in [0.717, 1.165) is 38.5 Å². The lowest BCUT2D eigenvalue weighted by Crippen LogP contribution is -2.10. The summed E-state index contributed by atoms with van der Waals surface area (Å²) in [5.41, 5.74) is 0. The Bertz CT molecular complexity index is 462. The summed E-state index contributed by atoms with van der Waals surface area (Å²) in [4.78, 5) is 21.0. The third-order valence-corrected chi connectivity index (χ3v) is 5.89. The molecule has 0 aromatic heterocycles. The van der Waals surface area contributed by atoms with Crippen molar-refractivity contribution in [2.75, 3.05) is 0 Å². The van der Waals surface area contributed by atoms with E-state index in [4.69, 9.17) is 10.2 Å². The SMILES string of the molecule is O=C(O)CCCCCC1C=CC(C2C=CC(CCCCCC(=O)O)C2)C1. The largest absolute Gasteiger partial charge is 0.481 e. The van der Waals surface area contributed by atoms with Gasteiger partial charge in [-0.1, -0.05) is 50.0 Å². The van der Waals surface area contributed by atoms with Crippen molar-refractivity contribution in [3.05, 3.63) is 24.3 Å². The van der Waals surface area contributed by atoms with E-state index >= 15 is 0 Å². The summed E-state index contributed by atoms with van der Waals surface area (Å²) < 4.78 is 0. The van der Waals surface area contributed by atoms with Gasteiger partial charge in [-0.15, -0.1) is 0 Å². The lowest BCUT2D eigenvalue weighted by atomic mass is 9.86. The summed E-state index contributed by atoms with van der Waals surface area (Å²) >= 11 is 0. The molecule has 0 heterocycles. The predicted octanol–water partition coefficient (Wildman–Crippen LogP) is 5.44. The van der Waals surface area contributed by atoms with Crippen LogP contribution in [0, 0.1) is 23.7 Å². The van der Waals surface area contributed by atoms with Gasteiger partial charge in [0, 0.05) is 12.8 Å². The van der Waals surface area contributed by atoms with E-state index < -0.39 is 11.9 Å². The highest BCUT2D eigenvalue weighted by atomic mass is 16.4. The van der Waals surface area contributed by atoms with E-state index in [1.54, 1.807) is 0 Å². The molecule has 0 saturated carbocycles. The first-order chi connectivity index (χ1) is 12.5. The van der Waals surface area contributed by atoms with E-state index in [9.17, 15) is 9.59 Å². The Hall–Kier alpha value is -1.58. The zero-order valence-electron chi connectivity index (χ0n) is 15.8. The van der Waals surface area contributed by atoms with E-state index in [-0.39, 0.29) is 0 Å². The van der Waals surface area contributed by atoms with E-state index in [0.29, 0.717) is 36.5 Å². The summed E-state index contributed by atoms with van der Waals surface area (Å²) in [6.45, 7) is 0. The average molecular weight is 363 g/mol. The van der Waals surface area contributed by atoms with Crippen LogP contribution in [-0.4, -0.2) is 22.2 Å². The lowest BCUT2D eigenvalue weighted by Gasteiger charge is -2.19. The van der Waals surface area contributed by atoms with Gasteiger partial charge in [-0.3, -0.25) is 9.59 Å². The van der Waals surface area contributed by atoms with Crippen LogP contribution >= 0.6 is 0 Å². The van der Waals surface area contributed by atoms with Crippen molar-refractivity contribution in [3.8, 4) is 0 Å². The van der Waals surface area contributed by atoms with Gasteiger partial charge in [0.1, 0.15) is 0 Å². The van der Waals surface area contributed by atoms with E-state index in [1.165, 1.54) is 25.7 Å². The molecule has 0 fully saturated rings. The average Bonchev–Trinajstić information content (AvgIpc) is 3.22. The third-order valence-electron chi connectivity index (χ3n) is 5.89. The number of hydrogen-bond acceptors (Lipinski definition) is 2. The first kappa shape index (κ1) is 20.7. The Morgan fingerprint density at radius 2 is 1.08 bits per heavy atom. The van der Waals surface area contributed by atoms with Crippen molar-refractivity contribution in [3.63, 3.8) is 0 Å². The van der Waals surface area contributed by atoms with Gasteiger partial charge in [0.15, 0.2) is 0 Å². The molecule has 0 spiro atoms. The molecular weight excluding hydrogens is 328 g/mol. The zero-order valence-corrected chi connectivity index (χ0v) is 15.8. The number of rotatable bonds is 13. The van der Waals surface area contributed by atoms with Crippen LogP contribution in [0.2, 0.25) is 0 Å². The Morgan fingerprint density at radius 3 is 1.46 bits per heavy atom. The lowest BCUT2D eigenvalue weighted by molar-refractivity contribution is -0.138. The summed E-state index contributed by atoms with van der Waals surface area (Å²) in [5.74, 6) is 1.33. The van der Waals surface area contributed by atoms with Gasteiger partial charge < -0.3 is 10.2 Å². The minimum Gasteiger partial charge on any atom is -0.481 e. The first-order valence-electron chi connectivity index (χ1n) is 10.3. The van der Waals surface area contributed by atoms with E-state index in [1.807, 2.05) is 0 Å². The monoisotopic (exact) mass is 362 g/mol. The highest BCUT2D eigenvalue weighted by molar-refractivity contribution is 5.66. The van der Waals surface area contributed by atoms with Crippen LogP contribution in [0.1, 0.15) is 77.0 Å². The number of hydrogen-bond donors (Lipinski definition) is 2. The fourth-order valence-corrected chi connectivity index (χ4v) is 4.40. The van der Waals surface area contributed by atoms with Crippen molar-refractivity contribution < 1.29 is 19.8 Å². The van der Waals surface area contributed by atoms with Crippen molar-refractivity contribution in [1.82, 2.24) is 0 Å². The molecule has 0 aromatic rings. The molecule has 0 aliphatic heterocycles. The fraction of sp³-hybridized carbons (Fsp3) is 0.727. The topological polar surface area (TPSA) is 74.6 Å². The third kappa shape index (κ3) is 7.76. The second-order valence-electron chi connectivity index (χ2n) is 8.08. The maximum absolute atomic E-state index is 10.5. The van der Waals surface area contributed by atoms with Gasteiger partial charge in [-0.2, -0.15) is 0 Å². The summed E-state index contributed by atoms with van der Waals surface area (Å²) in [6.07, 6.45) is 21.0. The number of allylic oxidation sites excluding steroid dienone is 4. The second kappa shape index (κ2) is 11.2. The van der Waals surface area contributed by atoms with Crippen molar-refractivity contribution in [1.29, 1.82) is 0 Å². The molecule has 146 valence electrons. The van der Waals surface area contributed by atoms with Crippen molar-refractivity contribution in [2.24, 2.45) is 23.7 Å². The Labute approximate surface area is 157 Å². The van der Waals surface area contributed by atoms with Crippen LogP contribution in [0.25, 0.3) is 0 Å². The molecule has 4 unspecified atom stereocenters. The minimum atomic E-state index is -0.685. The van der Waals surface area contributed by atoms with Crippen LogP contribution in [0.4, 0.5) is 0 Å². The summed E-state index contributed by atoms with van der Waals surface area (Å²) in [5, 5.41) is 17.3. The maximum atomic E-state index is 10.5. The molecule has 4 heteroatoms. The smallest absolute Gasteiger partial charge is 0.303 e. The van der Waals surface area contributed by atoms with Gasteiger partial charge in [0.2, 0.25) is 0 Å². The van der Waals surface area contributed by atoms with Gasteiger partial charge in [-0.25, -0.2) is 0 Å². The first-order valence-corrected chi connectivity index (χ1v) is 10.3. The van der Waals surface area contributed by atoms with Crippen LogP contribution in [0.3, 0.4) is 0 Å². The molecule has 0 amide bonds. The van der Waals surface area contributed by atoms with Crippen LogP contribution < -0.4 is 0 Å². The zero-order chi connectivity index (χ0) is 18.8. The van der Waals surface area contributed by atoms with Crippen molar-refractivity contribution in [2.45, 2.75) is 77.0 Å². The van der Waals surface area contributed by atoms with E-state index in [2.05, 4.69) is 24.3 Å². The van der Waals surface area contributed by atoms with Crippen LogP contribution in [0.15, 0.2) is 24.3 Å². The van der Waals surface area contributed by atoms with Crippen LogP contribution in [-0.2, 0) is 9.59 Å². The Morgan fingerprint density at radius 1 is 0.654 bits per heavy atom. The molecule has 4 atom stereocenters. The molecule has 0 saturated heterocycles. The molecule has 0 aromatic carbocycles. The quantitative estimate of drug-likeness (QED) is 0.338. The molecule has 0 radical (unpaired) electrons. The number of unbranched alkanes of at least 4 members (excludes halogenated alkanes) is 4. The molecule has 2 N–H and O–H groups in total. The minimum absolute atomic E-state index is 0.299. The highest BCUT2D eigenvalue weighted by Crippen LogP contribution is 2.40. The number of aliphatic carboxylic acids is 2. The van der Waals surface area contributed by atoms with Gasteiger partial charge in [-0.05, 0) is 62.2 Å². The Kier molecular flexibility index (Phi) is 8.93.